The zero-order valence-corrected chi connectivity index (χ0v) is 13.1. The van der Waals surface area contributed by atoms with Gasteiger partial charge >= 0.3 is 0 Å². The summed E-state index contributed by atoms with van der Waals surface area (Å²) in [7, 11) is 0. The fraction of sp³-hybridized carbons (Fsp3) is 0.421. The molecule has 0 radical (unpaired) electrons. The van der Waals surface area contributed by atoms with Crippen molar-refractivity contribution in [2.24, 2.45) is 0 Å². The lowest BCUT2D eigenvalue weighted by atomic mass is 9.71. The third-order valence-corrected chi connectivity index (χ3v) is 4.71. The minimum absolute atomic E-state index is 0.269. The largest absolute Gasteiger partial charge is 0.302 e. The molecule has 1 N–H and O–H groups in total. The number of pyridine rings is 1. The fourth-order valence-electron chi connectivity index (χ4n) is 3.40. The van der Waals surface area contributed by atoms with E-state index in [1.807, 2.05) is 12.3 Å². The Kier molecular flexibility index (Phi) is 3.81. The first-order chi connectivity index (χ1) is 10.1. The van der Waals surface area contributed by atoms with Gasteiger partial charge in [-0.15, -0.1) is 0 Å². The van der Waals surface area contributed by atoms with E-state index in [1.54, 1.807) is 0 Å². The Labute approximate surface area is 127 Å². The molecule has 1 unspecified atom stereocenters. The molecule has 1 aliphatic rings. The minimum Gasteiger partial charge on any atom is -0.302 e. The number of benzene rings is 1. The number of hydrogen-bond donors (Lipinski definition) is 1. The zero-order valence-electron chi connectivity index (χ0n) is 13.1. The molecule has 0 saturated carbocycles. The molecule has 2 atom stereocenters. The highest BCUT2D eigenvalue weighted by atomic mass is 15.0. The molecule has 1 aliphatic carbocycles. The number of fused-ring (bicyclic) bond motifs is 1. The van der Waals surface area contributed by atoms with Gasteiger partial charge in [-0.3, -0.25) is 4.98 Å². The van der Waals surface area contributed by atoms with Crippen LogP contribution in [0.5, 0.6) is 0 Å². The highest BCUT2D eigenvalue weighted by Crippen LogP contribution is 2.41. The fourth-order valence-corrected chi connectivity index (χ4v) is 3.40. The monoisotopic (exact) mass is 280 g/mol. The average Bonchev–Trinajstić information content (AvgIpc) is 2.51. The molecule has 2 heteroatoms. The van der Waals surface area contributed by atoms with Gasteiger partial charge in [0.15, 0.2) is 0 Å². The first-order valence-electron chi connectivity index (χ1n) is 7.84. The van der Waals surface area contributed by atoms with Gasteiger partial charge in [-0.1, -0.05) is 44.2 Å². The number of hydrogen-bond acceptors (Lipinski definition) is 2. The van der Waals surface area contributed by atoms with Crippen LogP contribution >= 0.6 is 0 Å². The first kappa shape index (κ1) is 14.3. The van der Waals surface area contributed by atoms with Crippen LogP contribution in [0.1, 0.15) is 62.5 Å². The van der Waals surface area contributed by atoms with Crippen molar-refractivity contribution in [3.05, 3.63) is 65.5 Å². The van der Waals surface area contributed by atoms with E-state index in [1.165, 1.54) is 24.0 Å². The molecule has 2 nitrogen and oxygen atoms in total. The van der Waals surface area contributed by atoms with E-state index in [9.17, 15) is 0 Å². The Balaban J connectivity index is 1.84. The van der Waals surface area contributed by atoms with Gasteiger partial charge in [0, 0.05) is 18.3 Å². The van der Waals surface area contributed by atoms with Gasteiger partial charge in [-0.05, 0) is 48.4 Å². The third-order valence-electron chi connectivity index (χ3n) is 4.71. The van der Waals surface area contributed by atoms with Crippen molar-refractivity contribution in [1.29, 1.82) is 0 Å². The van der Waals surface area contributed by atoms with Crippen molar-refractivity contribution in [3.8, 4) is 0 Å². The first-order valence-corrected chi connectivity index (χ1v) is 7.84. The highest BCUT2D eigenvalue weighted by molar-refractivity contribution is 5.38. The summed E-state index contributed by atoms with van der Waals surface area (Å²) in [6.45, 7) is 6.90. The Bertz CT molecular complexity index is 604. The van der Waals surface area contributed by atoms with Gasteiger partial charge in [0.05, 0.1) is 5.69 Å². The molecule has 0 fully saturated rings. The Morgan fingerprint density at radius 2 is 1.90 bits per heavy atom. The Hall–Kier alpha value is -1.67. The Morgan fingerprint density at radius 1 is 1.14 bits per heavy atom. The summed E-state index contributed by atoms with van der Waals surface area (Å²) < 4.78 is 0. The van der Waals surface area contributed by atoms with Crippen LogP contribution in [0.3, 0.4) is 0 Å². The van der Waals surface area contributed by atoms with E-state index in [2.05, 4.69) is 67.5 Å². The standard InChI is InChI=1S/C19H24N2/c1-14(17-10-6-7-13-20-17)21-18-11-12-19(2,3)16-9-5-4-8-15(16)18/h4-10,13-14,18,21H,11-12H2,1-3H3/t14-,18?/m1/s1. The molecule has 0 saturated heterocycles. The predicted octanol–water partition coefficient (Wildman–Crippen LogP) is 4.54. The van der Waals surface area contributed by atoms with Gasteiger partial charge < -0.3 is 5.32 Å². The lowest BCUT2D eigenvalue weighted by molar-refractivity contribution is 0.338. The number of nitrogens with zero attached hydrogens (tertiary/aromatic N) is 1. The Morgan fingerprint density at radius 3 is 2.67 bits per heavy atom. The van der Waals surface area contributed by atoms with Crippen LogP contribution in [0, 0.1) is 0 Å². The van der Waals surface area contributed by atoms with Crippen molar-refractivity contribution < 1.29 is 0 Å². The van der Waals surface area contributed by atoms with Gasteiger partial charge in [-0.2, -0.15) is 0 Å². The van der Waals surface area contributed by atoms with Gasteiger partial charge in [0.1, 0.15) is 0 Å². The predicted molar refractivity (Wildman–Crippen MR) is 87.2 cm³/mol. The molecule has 110 valence electrons. The number of nitrogens with one attached hydrogen (secondary N) is 1. The van der Waals surface area contributed by atoms with E-state index in [0.29, 0.717) is 6.04 Å². The molecule has 3 rings (SSSR count). The zero-order chi connectivity index (χ0) is 14.9. The molecule has 0 spiro atoms. The summed E-state index contributed by atoms with van der Waals surface area (Å²) in [6.07, 6.45) is 4.27. The summed E-state index contributed by atoms with van der Waals surface area (Å²) in [4.78, 5) is 4.47. The van der Waals surface area contributed by atoms with Crippen LogP contribution in [-0.2, 0) is 5.41 Å². The molecule has 0 amide bonds. The van der Waals surface area contributed by atoms with Crippen molar-refractivity contribution in [1.82, 2.24) is 10.3 Å². The summed E-state index contributed by atoms with van der Waals surface area (Å²) in [5.74, 6) is 0. The van der Waals surface area contributed by atoms with E-state index in [4.69, 9.17) is 0 Å². The summed E-state index contributed by atoms with van der Waals surface area (Å²) in [5, 5.41) is 3.77. The normalized spacial score (nSPS) is 21.6. The third kappa shape index (κ3) is 2.86. The van der Waals surface area contributed by atoms with E-state index in [-0.39, 0.29) is 11.5 Å². The maximum absolute atomic E-state index is 4.47. The second kappa shape index (κ2) is 5.61. The molecular formula is C19H24N2. The van der Waals surface area contributed by atoms with Crippen molar-refractivity contribution >= 4 is 0 Å². The highest BCUT2D eigenvalue weighted by Gasteiger charge is 2.32. The van der Waals surface area contributed by atoms with Gasteiger partial charge in [0.25, 0.3) is 0 Å². The maximum Gasteiger partial charge on any atom is 0.0570 e. The number of aromatic nitrogens is 1. The number of rotatable bonds is 3. The van der Waals surface area contributed by atoms with Crippen LogP contribution in [0.15, 0.2) is 48.7 Å². The molecule has 0 aliphatic heterocycles. The quantitative estimate of drug-likeness (QED) is 0.892. The van der Waals surface area contributed by atoms with Crippen molar-refractivity contribution in [2.75, 3.05) is 0 Å². The molecule has 1 aromatic carbocycles. The molecule has 1 heterocycles. The topological polar surface area (TPSA) is 24.9 Å². The van der Waals surface area contributed by atoms with Crippen molar-refractivity contribution in [2.45, 2.75) is 51.1 Å². The SMILES string of the molecule is C[C@@H](NC1CCC(C)(C)c2ccccc21)c1ccccn1. The van der Waals surface area contributed by atoms with E-state index >= 15 is 0 Å². The second-order valence-corrected chi connectivity index (χ2v) is 6.71. The molecule has 0 bridgehead atoms. The second-order valence-electron chi connectivity index (χ2n) is 6.71. The lowest BCUT2D eigenvalue weighted by Gasteiger charge is -2.38. The molecule has 1 aromatic heterocycles. The minimum atomic E-state index is 0.269. The maximum atomic E-state index is 4.47. The molecular weight excluding hydrogens is 256 g/mol. The van der Waals surface area contributed by atoms with Crippen LogP contribution < -0.4 is 5.32 Å². The van der Waals surface area contributed by atoms with E-state index < -0.39 is 0 Å². The summed E-state index contributed by atoms with van der Waals surface area (Å²) >= 11 is 0. The van der Waals surface area contributed by atoms with Crippen molar-refractivity contribution in [3.63, 3.8) is 0 Å². The molecule has 21 heavy (non-hydrogen) atoms. The van der Waals surface area contributed by atoms with Crippen LogP contribution in [-0.4, -0.2) is 4.98 Å². The summed E-state index contributed by atoms with van der Waals surface area (Å²) in [5.41, 5.74) is 4.33. The van der Waals surface area contributed by atoms with Gasteiger partial charge in [-0.25, -0.2) is 0 Å². The summed E-state index contributed by atoms with van der Waals surface area (Å²) in [6, 6.07) is 15.7. The van der Waals surface area contributed by atoms with Crippen LogP contribution in [0.25, 0.3) is 0 Å². The average molecular weight is 280 g/mol. The molecule has 2 aromatic rings. The lowest BCUT2D eigenvalue weighted by Crippen LogP contribution is -2.34. The van der Waals surface area contributed by atoms with Crippen LogP contribution in [0.2, 0.25) is 0 Å². The van der Waals surface area contributed by atoms with Crippen LogP contribution in [0.4, 0.5) is 0 Å². The smallest absolute Gasteiger partial charge is 0.0570 e. The van der Waals surface area contributed by atoms with E-state index in [0.717, 1.165) is 5.69 Å². The van der Waals surface area contributed by atoms with Gasteiger partial charge in [0.2, 0.25) is 0 Å².